The molecule has 0 aliphatic carbocycles. The van der Waals surface area contributed by atoms with Crippen LogP contribution in [0.15, 0.2) is 36.5 Å². The Morgan fingerprint density at radius 1 is 1.44 bits per heavy atom. The Morgan fingerprint density at radius 3 is 2.62 bits per heavy atom. The molecule has 0 spiro atoms. The Morgan fingerprint density at radius 2 is 2.12 bits per heavy atom. The molecule has 2 heteroatoms. The van der Waals surface area contributed by atoms with Crippen molar-refractivity contribution in [2.45, 2.75) is 33.6 Å². The molecule has 0 radical (unpaired) electrons. The summed E-state index contributed by atoms with van der Waals surface area (Å²) in [6.07, 6.45) is 9.11. The summed E-state index contributed by atoms with van der Waals surface area (Å²) in [4.78, 5) is 11.5. The standard InChI is InChI=1S/C14H23NO/c1-5-7-13(8-6-2)11-15-14(16)10-9-12(3)4/h5-8,12H,1,9-11H2,2-4H3,(H,15,16)/b8-6-,13-7+. The molecule has 16 heavy (non-hydrogen) atoms. The fraction of sp³-hybridized carbons (Fsp3) is 0.500. The van der Waals surface area contributed by atoms with E-state index in [1.807, 2.05) is 25.2 Å². The smallest absolute Gasteiger partial charge is 0.220 e. The molecule has 0 saturated carbocycles. The monoisotopic (exact) mass is 221 g/mol. The van der Waals surface area contributed by atoms with Crippen molar-refractivity contribution in [3.8, 4) is 0 Å². The number of amides is 1. The third kappa shape index (κ3) is 8.04. The molecular weight excluding hydrogens is 198 g/mol. The first-order chi connectivity index (χ1) is 7.60. The first-order valence-electron chi connectivity index (χ1n) is 5.81. The van der Waals surface area contributed by atoms with E-state index in [4.69, 9.17) is 0 Å². The summed E-state index contributed by atoms with van der Waals surface area (Å²) >= 11 is 0. The maximum Gasteiger partial charge on any atom is 0.220 e. The van der Waals surface area contributed by atoms with Crippen molar-refractivity contribution in [1.82, 2.24) is 5.32 Å². The number of carbonyl (C=O) groups is 1. The van der Waals surface area contributed by atoms with Crippen LogP contribution in [-0.2, 0) is 4.79 Å². The highest BCUT2D eigenvalue weighted by Crippen LogP contribution is 2.03. The fourth-order valence-electron chi connectivity index (χ4n) is 1.25. The van der Waals surface area contributed by atoms with E-state index in [0.717, 1.165) is 12.0 Å². The Hall–Kier alpha value is -1.31. The van der Waals surface area contributed by atoms with Crippen molar-refractivity contribution in [3.05, 3.63) is 36.5 Å². The molecule has 90 valence electrons. The van der Waals surface area contributed by atoms with Gasteiger partial charge in [0.15, 0.2) is 0 Å². The second-order valence-electron chi connectivity index (χ2n) is 4.19. The van der Waals surface area contributed by atoms with Gasteiger partial charge >= 0.3 is 0 Å². The number of carbonyl (C=O) groups excluding carboxylic acids is 1. The first-order valence-corrected chi connectivity index (χ1v) is 5.81. The van der Waals surface area contributed by atoms with Crippen LogP contribution in [0.1, 0.15) is 33.6 Å². The Balaban J connectivity index is 3.97. The van der Waals surface area contributed by atoms with Crippen molar-refractivity contribution in [2.24, 2.45) is 5.92 Å². The SMILES string of the molecule is C=C/C=C(\C=C/C)CNC(=O)CCC(C)C. The van der Waals surface area contributed by atoms with Crippen molar-refractivity contribution in [3.63, 3.8) is 0 Å². The average Bonchev–Trinajstić information content (AvgIpc) is 2.23. The number of hydrogen-bond donors (Lipinski definition) is 1. The number of hydrogen-bond acceptors (Lipinski definition) is 1. The molecule has 0 aliphatic heterocycles. The minimum atomic E-state index is 0.119. The predicted octanol–water partition coefficient (Wildman–Crippen LogP) is 3.23. The summed E-state index contributed by atoms with van der Waals surface area (Å²) in [6, 6.07) is 0. The molecule has 0 aromatic carbocycles. The Labute approximate surface area is 99.1 Å². The fourth-order valence-corrected chi connectivity index (χ4v) is 1.25. The van der Waals surface area contributed by atoms with Crippen LogP contribution >= 0.6 is 0 Å². The second kappa shape index (κ2) is 8.96. The van der Waals surface area contributed by atoms with Crippen molar-refractivity contribution >= 4 is 5.91 Å². The lowest BCUT2D eigenvalue weighted by Gasteiger charge is -2.07. The summed E-state index contributed by atoms with van der Waals surface area (Å²) in [7, 11) is 0. The van der Waals surface area contributed by atoms with Gasteiger partial charge in [0.1, 0.15) is 0 Å². The van der Waals surface area contributed by atoms with Gasteiger partial charge in [-0.15, -0.1) is 0 Å². The second-order valence-corrected chi connectivity index (χ2v) is 4.19. The highest BCUT2D eigenvalue weighted by atomic mass is 16.1. The zero-order valence-electron chi connectivity index (χ0n) is 10.6. The van der Waals surface area contributed by atoms with Gasteiger partial charge < -0.3 is 5.32 Å². The summed E-state index contributed by atoms with van der Waals surface area (Å²) in [5, 5.41) is 2.90. The Kier molecular flexibility index (Phi) is 8.22. The first kappa shape index (κ1) is 14.7. The molecule has 1 amide bonds. The summed E-state index contributed by atoms with van der Waals surface area (Å²) in [5.41, 5.74) is 1.07. The van der Waals surface area contributed by atoms with Crippen LogP contribution in [0.25, 0.3) is 0 Å². The zero-order chi connectivity index (χ0) is 12.4. The minimum absolute atomic E-state index is 0.119. The number of allylic oxidation sites excluding steroid dienone is 3. The lowest BCUT2D eigenvalue weighted by Crippen LogP contribution is -2.25. The van der Waals surface area contributed by atoms with Crippen LogP contribution in [0.3, 0.4) is 0 Å². The largest absolute Gasteiger partial charge is 0.352 e. The number of rotatable bonds is 7. The highest BCUT2D eigenvalue weighted by molar-refractivity contribution is 5.76. The van der Waals surface area contributed by atoms with Gasteiger partial charge in [0.2, 0.25) is 5.91 Å². The maximum atomic E-state index is 11.5. The molecule has 0 rings (SSSR count). The molecule has 0 fully saturated rings. The van der Waals surface area contributed by atoms with E-state index in [-0.39, 0.29) is 5.91 Å². The van der Waals surface area contributed by atoms with Crippen LogP contribution in [0.2, 0.25) is 0 Å². The molecule has 0 aromatic heterocycles. The van der Waals surface area contributed by atoms with Crippen molar-refractivity contribution < 1.29 is 4.79 Å². The third-order valence-electron chi connectivity index (χ3n) is 2.15. The van der Waals surface area contributed by atoms with E-state index in [0.29, 0.717) is 18.9 Å². The zero-order valence-corrected chi connectivity index (χ0v) is 10.6. The molecule has 0 bridgehead atoms. The summed E-state index contributed by atoms with van der Waals surface area (Å²) in [5.74, 6) is 0.692. The van der Waals surface area contributed by atoms with E-state index in [9.17, 15) is 4.79 Å². The van der Waals surface area contributed by atoms with Gasteiger partial charge in [-0.05, 0) is 24.8 Å². The molecule has 0 unspecified atom stereocenters. The lowest BCUT2D eigenvalue weighted by molar-refractivity contribution is -0.121. The van der Waals surface area contributed by atoms with Crippen molar-refractivity contribution in [1.29, 1.82) is 0 Å². The lowest BCUT2D eigenvalue weighted by atomic mass is 10.1. The van der Waals surface area contributed by atoms with Gasteiger partial charge in [0.05, 0.1) is 0 Å². The molecular formula is C14H23NO. The van der Waals surface area contributed by atoms with Gasteiger partial charge in [-0.3, -0.25) is 4.79 Å². The molecule has 1 N–H and O–H groups in total. The highest BCUT2D eigenvalue weighted by Gasteiger charge is 2.02. The van der Waals surface area contributed by atoms with Gasteiger partial charge in [-0.1, -0.05) is 44.7 Å². The molecule has 0 heterocycles. The molecule has 0 aromatic rings. The molecule has 0 saturated heterocycles. The minimum Gasteiger partial charge on any atom is -0.352 e. The van der Waals surface area contributed by atoms with E-state index in [2.05, 4.69) is 25.7 Å². The van der Waals surface area contributed by atoms with Crippen LogP contribution < -0.4 is 5.32 Å². The van der Waals surface area contributed by atoms with Crippen LogP contribution in [0.5, 0.6) is 0 Å². The van der Waals surface area contributed by atoms with Gasteiger partial charge in [-0.25, -0.2) is 0 Å². The number of nitrogens with one attached hydrogen (secondary N) is 1. The van der Waals surface area contributed by atoms with Crippen LogP contribution in [0, 0.1) is 5.92 Å². The Bertz CT molecular complexity index is 274. The maximum absolute atomic E-state index is 11.5. The van der Waals surface area contributed by atoms with Crippen molar-refractivity contribution in [2.75, 3.05) is 6.54 Å². The van der Waals surface area contributed by atoms with E-state index >= 15 is 0 Å². The predicted molar refractivity (Wildman–Crippen MR) is 70.2 cm³/mol. The van der Waals surface area contributed by atoms with Gasteiger partial charge in [0, 0.05) is 13.0 Å². The van der Waals surface area contributed by atoms with Gasteiger partial charge in [0.25, 0.3) is 0 Å². The van der Waals surface area contributed by atoms with E-state index in [1.165, 1.54) is 0 Å². The van der Waals surface area contributed by atoms with E-state index < -0.39 is 0 Å². The summed E-state index contributed by atoms with van der Waals surface area (Å²) in [6.45, 7) is 10.4. The molecule has 0 aliphatic rings. The summed E-state index contributed by atoms with van der Waals surface area (Å²) < 4.78 is 0. The quantitative estimate of drug-likeness (QED) is 0.657. The normalized spacial score (nSPS) is 12.1. The van der Waals surface area contributed by atoms with Crippen LogP contribution in [0.4, 0.5) is 0 Å². The third-order valence-corrected chi connectivity index (χ3v) is 2.15. The van der Waals surface area contributed by atoms with Crippen LogP contribution in [-0.4, -0.2) is 12.5 Å². The molecule has 0 atom stereocenters. The topological polar surface area (TPSA) is 29.1 Å². The van der Waals surface area contributed by atoms with E-state index in [1.54, 1.807) is 6.08 Å². The van der Waals surface area contributed by atoms with Gasteiger partial charge in [-0.2, -0.15) is 0 Å². The molecule has 2 nitrogen and oxygen atoms in total. The average molecular weight is 221 g/mol.